The standard InChI is InChI=1S/C11H19FN6/c1-17-5-3-8(4-6-17)18(2)10-9(12)7-14-11(15-10)16-13/h7-8H,3-6,13H2,1-2H3,(H,14,15,16). The lowest BCUT2D eigenvalue weighted by Gasteiger charge is -2.35. The number of likely N-dealkylation sites (tertiary alicyclic amines) is 1. The second-order valence-electron chi connectivity index (χ2n) is 4.65. The summed E-state index contributed by atoms with van der Waals surface area (Å²) in [5, 5.41) is 0. The Bertz CT molecular complexity index is 405. The van der Waals surface area contributed by atoms with E-state index in [1.165, 1.54) is 0 Å². The van der Waals surface area contributed by atoms with E-state index in [1.807, 2.05) is 11.9 Å². The molecule has 0 aliphatic carbocycles. The highest BCUT2D eigenvalue weighted by molar-refractivity contribution is 5.43. The van der Waals surface area contributed by atoms with Crippen LogP contribution in [0.2, 0.25) is 0 Å². The molecule has 0 radical (unpaired) electrons. The first-order chi connectivity index (χ1) is 8.61. The Hall–Kier alpha value is -1.47. The van der Waals surface area contributed by atoms with Crippen molar-refractivity contribution in [2.45, 2.75) is 18.9 Å². The fourth-order valence-corrected chi connectivity index (χ4v) is 2.23. The molecule has 6 nitrogen and oxygen atoms in total. The van der Waals surface area contributed by atoms with Gasteiger partial charge in [0.25, 0.3) is 0 Å². The fraction of sp³-hybridized carbons (Fsp3) is 0.636. The summed E-state index contributed by atoms with van der Waals surface area (Å²) in [6.07, 6.45) is 3.15. The van der Waals surface area contributed by atoms with Crippen molar-refractivity contribution in [3.63, 3.8) is 0 Å². The maximum Gasteiger partial charge on any atom is 0.239 e. The van der Waals surface area contributed by atoms with Gasteiger partial charge in [0.2, 0.25) is 5.95 Å². The summed E-state index contributed by atoms with van der Waals surface area (Å²) in [6.45, 7) is 2.04. The number of hydrogen-bond acceptors (Lipinski definition) is 6. The van der Waals surface area contributed by atoms with Crippen molar-refractivity contribution in [3.8, 4) is 0 Å². The predicted octanol–water partition coefficient (Wildman–Crippen LogP) is 0.432. The first-order valence-electron chi connectivity index (χ1n) is 6.02. The Morgan fingerprint density at radius 3 is 2.78 bits per heavy atom. The van der Waals surface area contributed by atoms with Gasteiger partial charge in [-0.1, -0.05) is 0 Å². The molecule has 0 atom stereocenters. The van der Waals surface area contributed by atoms with Crippen molar-refractivity contribution < 1.29 is 4.39 Å². The van der Waals surface area contributed by atoms with Gasteiger partial charge in [0, 0.05) is 13.1 Å². The van der Waals surface area contributed by atoms with Crippen LogP contribution in [0.4, 0.5) is 16.2 Å². The van der Waals surface area contributed by atoms with Crippen molar-refractivity contribution in [3.05, 3.63) is 12.0 Å². The van der Waals surface area contributed by atoms with Gasteiger partial charge in [0.1, 0.15) is 0 Å². The van der Waals surface area contributed by atoms with E-state index >= 15 is 0 Å². The number of nitrogen functional groups attached to an aromatic ring is 1. The predicted molar refractivity (Wildman–Crippen MR) is 68.7 cm³/mol. The van der Waals surface area contributed by atoms with Gasteiger partial charge in [-0.2, -0.15) is 4.98 Å². The third-order valence-corrected chi connectivity index (χ3v) is 3.42. The lowest BCUT2D eigenvalue weighted by atomic mass is 10.0. The van der Waals surface area contributed by atoms with Crippen LogP contribution in [0, 0.1) is 5.82 Å². The average molecular weight is 254 g/mol. The van der Waals surface area contributed by atoms with E-state index in [4.69, 9.17) is 5.84 Å². The number of hydrazine groups is 1. The van der Waals surface area contributed by atoms with Crippen LogP contribution in [0.25, 0.3) is 0 Å². The number of nitrogens with one attached hydrogen (secondary N) is 1. The number of halogens is 1. The average Bonchev–Trinajstić information content (AvgIpc) is 2.39. The Kier molecular flexibility index (Phi) is 3.93. The zero-order valence-electron chi connectivity index (χ0n) is 10.7. The van der Waals surface area contributed by atoms with Crippen molar-refractivity contribution in [1.29, 1.82) is 0 Å². The normalized spacial score (nSPS) is 17.8. The quantitative estimate of drug-likeness (QED) is 0.602. The summed E-state index contributed by atoms with van der Waals surface area (Å²) in [7, 11) is 3.96. The molecular weight excluding hydrogens is 235 g/mol. The first kappa shape index (κ1) is 13.0. The lowest BCUT2D eigenvalue weighted by Crippen LogP contribution is -2.42. The molecule has 1 fully saturated rings. The van der Waals surface area contributed by atoms with Crippen molar-refractivity contribution in [2.75, 3.05) is 37.5 Å². The Morgan fingerprint density at radius 1 is 1.50 bits per heavy atom. The minimum absolute atomic E-state index is 0.228. The number of nitrogens with two attached hydrogens (primary N) is 1. The third-order valence-electron chi connectivity index (χ3n) is 3.42. The molecule has 2 rings (SSSR count). The van der Waals surface area contributed by atoms with E-state index in [-0.39, 0.29) is 5.95 Å². The highest BCUT2D eigenvalue weighted by Gasteiger charge is 2.23. The highest BCUT2D eigenvalue weighted by Crippen LogP contribution is 2.22. The number of nitrogens with zero attached hydrogens (tertiary/aromatic N) is 4. The van der Waals surface area contributed by atoms with Gasteiger partial charge in [-0.15, -0.1) is 0 Å². The summed E-state index contributed by atoms with van der Waals surface area (Å²) >= 11 is 0. The van der Waals surface area contributed by atoms with E-state index in [9.17, 15) is 4.39 Å². The number of hydrogen-bond donors (Lipinski definition) is 2. The van der Waals surface area contributed by atoms with Gasteiger partial charge in [0.05, 0.1) is 6.20 Å². The zero-order valence-corrected chi connectivity index (χ0v) is 10.7. The number of aromatic nitrogens is 2. The van der Waals surface area contributed by atoms with Crippen LogP contribution < -0.4 is 16.2 Å². The van der Waals surface area contributed by atoms with Crippen LogP contribution in [-0.2, 0) is 0 Å². The molecular formula is C11H19FN6. The van der Waals surface area contributed by atoms with Crippen LogP contribution in [0.3, 0.4) is 0 Å². The molecule has 0 unspecified atom stereocenters. The largest absolute Gasteiger partial charge is 0.354 e. The minimum atomic E-state index is -0.421. The van der Waals surface area contributed by atoms with Crippen molar-refractivity contribution in [1.82, 2.24) is 14.9 Å². The Balaban J connectivity index is 2.14. The molecule has 0 amide bonds. The van der Waals surface area contributed by atoms with Crippen LogP contribution in [-0.4, -0.2) is 48.1 Å². The molecule has 1 aromatic heterocycles. The molecule has 18 heavy (non-hydrogen) atoms. The molecule has 2 heterocycles. The molecule has 0 spiro atoms. The highest BCUT2D eigenvalue weighted by atomic mass is 19.1. The van der Waals surface area contributed by atoms with Crippen LogP contribution in [0.5, 0.6) is 0 Å². The third kappa shape index (κ3) is 2.68. The van der Waals surface area contributed by atoms with Crippen LogP contribution in [0.1, 0.15) is 12.8 Å². The monoisotopic (exact) mass is 254 g/mol. The van der Waals surface area contributed by atoms with E-state index in [0.717, 1.165) is 32.1 Å². The van der Waals surface area contributed by atoms with Gasteiger partial charge in [-0.25, -0.2) is 15.2 Å². The molecule has 1 saturated heterocycles. The maximum atomic E-state index is 13.7. The molecule has 0 saturated carbocycles. The summed E-state index contributed by atoms with van der Waals surface area (Å²) in [6, 6.07) is 0.302. The minimum Gasteiger partial charge on any atom is -0.354 e. The summed E-state index contributed by atoms with van der Waals surface area (Å²) in [5.41, 5.74) is 2.34. The molecule has 1 aliphatic heterocycles. The van der Waals surface area contributed by atoms with Crippen molar-refractivity contribution >= 4 is 11.8 Å². The van der Waals surface area contributed by atoms with E-state index < -0.39 is 5.82 Å². The van der Waals surface area contributed by atoms with Gasteiger partial charge >= 0.3 is 0 Å². The zero-order chi connectivity index (χ0) is 13.1. The summed E-state index contributed by atoms with van der Waals surface area (Å²) in [4.78, 5) is 12.0. The summed E-state index contributed by atoms with van der Waals surface area (Å²) in [5.74, 6) is 5.35. The van der Waals surface area contributed by atoms with Gasteiger partial charge in [0.15, 0.2) is 11.6 Å². The molecule has 0 aromatic carbocycles. The Morgan fingerprint density at radius 2 is 2.17 bits per heavy atom. The Labute approximate surface area is 106 Å². The van der Waals surface area contributed by atoms with E-state index in [2.05, 4.69) is 27.3 Å². The van der Waals surface area contributed by atoms with Gasteiger partial charge in [-0.3, -0.25) is 5.43 Å². The fourth-order valence-electron chi connectivity index (χ4n) is 2.23. The topological polar surface area (TPSA) is 70.3 Å². The molecule has 1 aromatic rings. The van der Waals surface area contributed by atoms with E-state index in [0.29, 0.717) is 11.9 Å². The van der Waals surface area contributed by atoms with Crippen LogP contribution in [0.15, 0.2) is 6.20 Å². The molecule has 7 heteroatoms. The molecule has 1 aliphatic rings. The molecule has 100 valence electrons. The van der Waals surface area contributed by atoms with Crippen molar-refractivity contribution in [2.24, 2.45) is 5.84 Å². The number of piperidine rings is 1. The van der Waals surface area contributed by atoms with Crippen LogP contribution >= 0.6 is 0 Å². The van der Waals surface area contributed by atoms with Gasteiger partial charge in [-0.05, 0) is 33.0 Å². The number of anilines is 2. The lowest BCUT2D eigenvalue weighted by molar-refractivity contribution is 0.252. The molecule has 3 N–H and O–H groups in total. The SMILES string of the molecule is CN1CCC(N(C)c2nc(NN)ncc2F)CC1. The number of rotatable bonds is 3. The smallest absolute Gasteiger partial charge is 0.239 e. The van der Waals surface area contributed by atoms with Gasteiger partial charge < -0.3 is 9.80 Å². The second kappa shape index (κ2) is 5.45. The maximum absolute atomic E-state index is 13.7. The summed E-state index contributed by atoms with van der Waals surface area (Å²) < 4.78 is 13.7. The van der Waals surface area contributed by atoms with E-state index in [1.54, 1.807) is 0 Å². The first-order valence-corrected chi connectivity index (χ1v) is 6.02. The molecule has 0 bridgehead atoms. The second-order valence-corrected chi connectivity index (χ2v) is 4.65.